The van der Waals surface area contributed by atoms with E-state index in [0.29, 0.717) is 23.2 Å². The first kappa shape index (κ1) is 36.8. The van der Waals surface area contributed by atoms with E-state index in [9.17, 15) is 24.6 Å². The summed E-state index contributed by atoms with van der Waals surface area (Å²) in [5, 5.41) is 27.8. The van der Waals surface area contributed by atoms with Gasteiger partial charge in [0.2, 0.25) is 5.91 Å². The van der Waals surface area contributed by atoms with Crippen molar-refractivity contribution in [2.24, 2.45) is 0 Å². The fourth-order valence-corrected chi connectivity index (χ4v) is 5.75. The molecule has 0 aliphatic rings. The number of phenols is 2. The number of anilines is 1. The number of hydrogen-bond acceptors (Lipinski definition) is 6. The second kappa shape index (κ2) is 17.4. The number of ether oxygens (including phenoxy) is 1. The highest BCUT2D eigenvalue weighted by molar-refractivity contribution is 6.00. The second-order valence-corrected chi connectivity index (χ2v) is 13.4. The molecule has 9 nitrogen and oxygen atoms in total. The van der Waals surface area contributed by atoms with E-state index in [1.54, 1.807) is 45.0 Å². The molecule has 0 heterocycles. The molecule has 0 aliphatic heterocycles. The summed E-state index contributed by atoms with van der Waals surface area (Å²) in [5.41, 5.74) is 0.986. The van der Waals surface area contributed by atoms with E-state index >= 15 is 0 Å². The molecule has 2 atom stereocenters. The summed E-state index contributed by atoms with van der Waals surface area (Å²) in [6.07, 6.45) is 5.16. The zero-order valence-corrected chi connectivity index (χ0v) is 28.9. The van der Waals surface area contributed by atoms with E-state index in [1.165, 1.54) is 29.2 Å². The Kier molecular flexibility index (Phi) is 13.0. The molecule has 2 unspecified atom stereocenters. The Morgan fingerprint density at radius 2 is 1.39 bits per heavy atom. The summed E-state index contributed by atoms with van der Waals surface area (Å²) in [4.78, 5) is 43.8. The molecule has 4 aromatic rings. The lowest BCUT2D eigenvalue weighted by Gasteiger charge is -2.34. The molecule has 9 heteroatoms. The van der Waals surface area contributed by atoms with E-state index in [4.69, 9.17) is 4.74 Å². The standard InChI is InChI=1S/C40H49N3O6/c1-5-6-7-8-9-12-25-43(38(47)35(42-39(48)49-40(2,3)4)26-28-15-21-33(44)22-16-28)36(30-18-23-34(45)24-19-30)37(46)41-32-20-17-29-13-10-11-14-31(29)27-32/h10-11,13-24,27,35-36,44-45H,5-9,12,25-26H2,1-4H3,(H,41,46)(H,42,48). The van der Waals surface area contributed by atoms with Crippen molar-refractivity contribution in [1.82, 2.24) is 10.2 Å². The van der Waals surface area contributed by atoms with Crippen LogP contribution in [0.25, 0.3) is 10.8 Å². The average Bonchev–Trinajstić information content (AvgIpc) is 3.06. The summed E-state index contributed by atoms with van der Waals surface area (Å²) >= 11 is 0. The van der Waals surface area contributed by atoms with Gasteiger partial charge in [-0.1, -0.05) is 93.6 Å². The number of nitrogens with one attached hydrogen (secondary N) is 2. The molecule has 260 valence electrons. The van der Waals surface area contributed by atoms with Gasteiger partial charge in [-0.3, -0.25) is 9.59 Å². The second-order valence-electron chi connectivity index (χ2n) is 13.4. The van der Waals surface area contributed by atoms with E-state index in [0.717, 1.165) is 42.9 Å². The van der Waals surface area contributed by atoms with E-state index in [2.05, 4.69) is 17.6 Å². The van der Waals surface area contributed by atoms with Gasteiger partial charge >= 0.3 is 6.09 Å². The minimum absolute atomic E-state index is 0.0306. The lowest BCUT2D eigenvalue weighted by atomic mass is 9.99. The number of alkyl carbamates (subject to hydrolysis) is 1. The molecule has 4 rings (SSSR count). The van der Waals surface area contributed by atoms with Crippen LogP contribution in [-0.2, 0) is 20.7 Å². The highest BCUT2D eigenvalue weighted by atomic mass is 16.6. The third kappa shape index (κ3) is 11.3. The van der Waals surface area contributed by atoms with E-state index in [-0.39, 0.29) is 24.5 Å². The van der Waals surface area contributed by atoms with E-state index < -0.39 is 35.6 Å². The van der Waals surface area contributed by atoms with Gasteiger partial charge in [0.15, 0.2) is 0 Å². The largest absolute Gasteiger partial charge is 0.508 e. The van der Waals surface area contributed by atoms with Crippen LogP contribution >= 0.6 is 0 Å². The molecule has 0 bridgehead atoms. The van der Waals surface area contributed by atoms with Crippen molar-refractivity contribution in [3.05, 3.63) is 102 Å². The molecule has 0 saturated carbocycles. The number of aromatic hydroxyl groups is 2. The van der Waals surface area contributed by atoms with Crippen LogP contribution in [-0.4, -0.2) is 51.2 Å². The minimum atomic E-state index is -1.09. The number of nitrogens with zero attached hydrogens (tertiary/aromatic N) is 1. The predicted octanol–water partition coefficient (Wildman–Crippen LogP) is 8.26. The molecular weight excluding hydrogens is 618 g/mol. The molecular formula is C40H49N3O6. The third-order valence-electron chi connectivity index (χ3n) is 8.19. The fourth-order valence-electron chi connectivity index (χ4n) is 5.75. The Labute approximate surface area is 289 Å². The summed E-state index contributed by atoms with van der Waals surface area (Å²) in [7, 11) is 0. The van der Waals surface area contributed by atoms with Crippen LogP contribution in [0.4, 0.5) is 10.5 Å². The topological polar surface area (TPSA) is 128 Å². The van der Waals surface area contributed by atoms with Crippen LogP contribution in [0.1, 0.15) is 83.4 Å². The zero-order chi connectivity index (χ0) is 35.4. The quantitative estimate of drug-likeness (QED) is 0.0946. The first-order valence-electron chi connectivity index (χ1n) is 17.1. The molecule has 49 heavy (non-hydrogen) atoms. The first-order valence-corrected chi connectivity index (χ1v) is 17.1. The van der Waals surface area contributed by atoms with Gasteiger partial charge in [-0.15, -0.1) is 0 Å². The number of carbonyl (C=O) groups is 3. The summed E-state index contributed by atoms with van der Waals surface area (Å²) < 4.78 is 5.54. The monoisotopic (exact) mass is 667 g/mol. The maximum atomic E-state index is 14.8. The zero-order valence-electron chi connectivity index (χ0n) is 28.9. The summed E-state index contributed by atoms with van der Waals surface area (Å²) in [6, 6.07) is 24.0. The molecule has 0 spiro atoms. The van der Waals surface area contributed by atoms with Gasteiger partial charge in [-0.2, -0.15) is 0 Å². The number of fused-ring (bicyclic) bond motifs is 1. The highest BCUT2D eigenvalue weighted by Gasteiger charge is 2.36. The van der Waals surface area contributed by atoms with Crippen molar-refractivity contribution in [3.63, 3.8) is 0 Å². The normalized spacial score (nSPS) is 12.6. The van der Waals surface area contributed by atoms with Crippen LogP contribution < -0.4 is 10.6 Å². The van der Waals surface area contributed by atoms with Crippen LogP contribution in [0.3, 0.4) is 0 Å². The minimum Gasteiger partial charge on any atom is -0.508 e. The Morgan fingerprint density at radius 3 is 2.04 bits per heavy atom. The van der Waals surface area contributed by atoms with Gasteiger partial charge in [0.1, 0.15) is 29.2 Å². The van der Waals surface area contributed by atoms with Crippen LogP contribution in [0.15, 0.2) is 91.0 Å². The molecule has 0 aromatic heterocycles. The average molecular weight is 668 g/mol. The van der Waals surface area contributed by atoms with Crippen molar-refractivity contribution in [2.45, 2.75) is 90.3 Å². The SMILES string of the molecule is CCCCCCCCN(C(=O)C(Cc1ccc(O)cc1)NC(=O)OC(C)(C)C)C(C(=O)Nc1ccc2ccccc2c1)c1ccc(O)cc1. The van der Waals surface area contributed by atoms with Crippen LogP contribution in [0.5, 0.6) is 11.5 Å². The van der Waals surface area contributed by atoms with Crippen LogP contribution in [0.2, 0.25) is 0 Å². The smallest absolute Gasteiger partial charge is 0.408 e. The van der Waals surface area contributed by atoms with Crippen molar-refractivity contribution in [3.8, 4) is 11.5 Å². The number of amides is 3. The number of phenolic OH excluding ortho intramolecular Hbond substituents is 2. The number of unbranched alkanes of at least 4 members (excludes halogenated alkanes) is 5. The lowest BCUT2D eigenvalue weighted by Crippen LogP contribution is -2.53. The Bertz CT molecular complexity index is 1680. The highest BCUT2D eigenvalue weighted by Crippen LogP contribution is 2.28. The van der Waals surface area contributed by atoms with Crippen molar-refractivity contribution < 1.29 is 29.3 Å². The van der Waals surface area contributed by atoms with Crippen molar-refractivity contribution >= 4 is 34.4 Å². The van der Waals surface area contributed by atoms with Gasteiger partial charge in [0, 0.05) is 18.7 Å². The van der Waals surface area contributed by atoms with Crippen LogP contribution in [0, 0.1) is 0 Å². The summed E-state index contributed by atoms with van der Waals surface area (Å²) in [5.74, 6) is -0.780. The van der Waals surface area contributed by atoms with Gasteiger partial charge in [0.05, 0.1) is 0 Å². The number of rotatable bonds is 15. The molecule has 0 radical (unpaired) electrons. The molecule has 3 amide bonds. The third-order valence-corrected chi connectivity index (χ3v) is 8.19. The molecule has 4 N–H and O–H groups in total. The first-order chi connectivity index (χ1) is 23.4. The Morgan fingerprint density at radius 1 is 0.776 bits per heavy atom. The molecule has 4 aromatic carbocycles. The van der Waals surface area contributed by atoms with Crippen molar-refractivity contribution in [1.29, 1.82) is 0 Å². The molecule has 0 saturated heterocycles. The van der Waals surface area contributed by atoms with Gasteiger partial charge in [0.25, 0.3) is 5.91 Å². The predicted molar refractivity (Wildman–Crippen MR) is 193 cm³/mol. The van der Waals surface area contributed by atoms with Crippen molar-refractivity contribution in [2.75, 3.05) is 11.9 Å². The van der Waals surface area contributed by atoms with Gasteiger partial charge in [-0.25, -0.2) is 4.79 Å². The molecule has 0 fully saturated rings. The van der Waals surface area contributed by atoms with E-state index in [1.807, 2.05) is 42.5 Å². The number of carbonyl (C=O) groups excluding carboxylic acids is 3. The molecule has 0 aliphatic carbocycles. The maximum Gasteiger partial charge on any atom is 0.408 e. The van der Waals surface area contributed by atoms with Gasteiger partial charge < -0.3 is 30.5 Å². The maximum absolute atomic E-state index is 14.8. The Balaban J connectivity index is 1.73. The number of hydrogen-bond donors (Lipinski definition) is 4. The Hall–Kier alpha value is -5.05. The summed E-state index contributed by atoms with van der Waals surface area (Å²) in [6.45, 7) is 7.64. The van der Waals surface area contributed by atoms with Gasteiger partial charge in [-0.05, 0) is 85.5 Å². The lowest BCUT2D eigenvalue weighted by molar-refractivity contribution is -0.140. The number of benzene rings is 4. The fraction of sp³-hybridized carbons (Fsp3) is 0.375.